The molecule has 424 valence electrons. The molecule has 4 saturated carbocycles. The molecule has 5 aliphatic carbocycles. The fourth-order valence-corrected chi connectivity index (χ4v) is 16.4. The Bertz CT molecular complexity index is 2020. The first kappa shape index (κ1) is 57.1. The Labute approximate surface area is 433 Å². The van der Waals surface area contributed by atoms with Crippen molar-refractivity contribution >= 4 is 5.97 Å². The van der Waals surface area contributed by atoms with E-state index in [1.54, 1.807) is 0 Å². The van der Waals surface area contributed by atoms with E-state index in [0.717, 1.165) is 38.5 Å². The largest absolute Gasteiger partial charge is 0.432 e. The van der Waals surface area contributed by atoms with E-state index in [2.05, 4.69) is 54.5 Å². The van der Waals surface area contributed by atoms with E-state index in [1.165, 1.54) is 12.5 Å². The summed E-state index contributed by atoms with van der Waals surface area (Å²) in [5.41, 5.74) is -0.824. The zero-order valence-corrected chi connectivity index (χ0v) is 44.0. The topological polar surface area (TPSA) is 334 Å². The molecule has 29 atom stereocenters. The number of ether oxygens (including phenoxy) is 8. The second-order valence-electron chi connectivity index (χ2n) is 25.2. The Balaban J connectivity index is 0.975. The smallest absolute Gasteiger partial charge is 0.315 e. The van der Waals surface area contributed by atoms with Gasteiger partial charge < -0.3 is 99.2 Å². The van der Waals surface area contributed by atoms with Gasteiger partial charge in [-0.2, -0.15) is 0 Å². The van der Waals surface area contributed by atoms with Gasteiger partial charge in [0.05, 0.1) is 37.4 Å². The van der Waals surface area contributed by atoms with Crippen molar-refractivity contribution in [2.45, 2.75) is 236 Å². The van der Waals surface area contributed by atoms with Crippen LogP contribution in [0.3, 0.4) is 0 Å². The highest BCUT2D eigenvalue weighted by atomic mass is 16.8. The number of hydrogen-bond acceptors (Lipinski definition) is 21. The summed E-state index contributed by atoms with van der Waals surface area (Å²) in [5, 5.41) is 128. The first-order valence-electron chi connectivity index (χ1n) is 27.2. The minimum Gasteiger partial charge on any atom is -0.432 e. The minimum atomic E-state index is -1.83. The van der Waals surface area contributed by atoms with Crippen LogP contribution in [-0.4, -0.2) is 210 Å². The van der Waals surface area contributed by atoms with E-state index in [4.69, 9.17) is 37.9 Å². The van der Waals surface area contributed by atoms with E-state index in [9.17, 15) is 66.1 Å². The summed E-state index contributed by atoms with van der Waals surface area (Å²) in [6.07, 6.45) is -20.7. The van der Waals surface area contributed by atoms with Crippen molar-refractivity contribution in [1.29, 1.82) is 0 Å². The standard InChI is InChI=1S/C53H86O21/c1-22-11-16-53(48(66)74-46-41(65)38(62)35(59)28(20-55)70-46)18-17-51(7)25(32(53)23(22)2)9-10-30-50(6)14-13-31(49(4,5)29(50)12-15-52(30,51)8)71-47-43(73-44-39(63)36(60)33(57)24(3)68-44)42(26(56)21-67-47)72-45-40(64)37(61)34(58)27(19-54)69-45/h9,22-24,26-47,54-65H,10-21H2,1-8H3/t22-,23+,24-,26-,27-,28-,29?,30?,31?,32?,33-,34-,35-,36-,37+,38+,39-,40-,41-,42-,43-,44+,45+,46+,47+,50+,51-,52-,53+/m1/s1. The summed E-state index contributed by atoms with van der Waals surface area (Å²) >= 11 is 0. The number of allylic oxidation sites excluding steroid dienone is 2. The van der Waals surface area contributed by atoms with Crippen LogP contribution in [0.4, 0.5) is 0 Å². The lowest BCUT2D eigenvalue weighted by Crippen LogP contribution is -2.67. The predicted octanol–water partition coefficient (Wildman–Crippen LogP) is -0.513. The van der Waals surface area contributed by atoms with Gasteiger partial charge >= 0.3 is 5.97 Å². The first-order chi connectivity index (χ1) is 34.7. The average molecular weight is 1060 g/mol. The van der Waals surface area contributed by atoms with Crippen LogP contribution >= 0.6 is 0 Å². The summed E-state index contributed by atoms with van der Waals surface area (Å²) in [6, 6.07) is 0. The number of fused-ring (bicyclic) bond motifs is 7. The van der Waals surface area contributed by atoms with E-state index < -0.39 is 153 Å². The third kappa shape index (κ3) is 8.99. The van der Waals surface area contributed by atoms with Crippen molar-refractivity contribution in [3.05, 3.63) is 11.6 Å². The molecule has 0 aromatic heterocycles. The first-order valence-corrected chi connectivity index (χ1v) is 27.2. The molecule has 8 fully saturated rings. The molecule has 74 heavy (non-hydrogen) atoms. The maximum Gasteiger partial charge on any atom is 0.315 e. The fourth-order valence-electron chi connectivity index (χ4n) is 16.4. The predicted molar refractivity (Wildman–Crippen MR) is 255 cm³/mol. The van der Waals surface area contributed by atoms with Gasteiger partial charge in [0, 0.05) is 0 Å². The molecular weight excluding hydrogens is 973 g/mol. The molecule has 0 aromatic rings. The van der Waals surface area contributed by atoms with E-state index in [-0.39, 0.29) is 46.5 Å². The monoisotopic (exact) mass is 1060 g/mol. The number of hydrogen-bond donors (Lipinski definition) is 12. The molecule has 9 rings (SSSR count). The number of carbonyl (C=O) groups is 1. The second-order valence-corrected chi connectivity index (χ2v) is 25.2. The molecule has 0 radical (unpaired) electrons. The van der Waals surface area contributed by atoms with Gasteiger partial charge in [0.2, 0.25) is 6.29 Å². The van der Waals surface area contributed by atoms with Crippen LogP contribution in [0.15, 0.2) is 11.6 Å². The van der Waals surface area contributed by atoms with Crippen molar-refractivity contribution in [2.75, 3.05) is 19.8 Å². The molecule has 21 heteroatoms. The van der Waals surface area contributed by atoms with Crippen LogP contribution in [0.5, 0.6) is 0 Å². The van der Waals surface area contributed by atoms with Gasteiger partial charge in [0.1, 0.15) is 85.5 Å². The van der Waals surface area contributed by atoms with Gasteiger partial charge in [-0.25, -0.2) is 0 Å². The molecule has 4 aliphatic heterocycles. The Morgan fingerprint density at radius 1 is 0.608 bits per heavy atom. The maximum atomic E-state index is 14.8. The van der Waals surface area contributed by atoms with Gasteiger partial charge in [0.15, 0.2) is 18.9 Å². The highest BCUT2D eigenvalue weighted by molar-refractivity contribution is 5.79. The Kier molecular flexibility index (Phi) is 16.1. The zero-order chi connectivity index (χ0) is 53.9. The molecule has 21 nitrogen and oxygen atoms in total. The molecular formula is C53H86O21. The average Bonchev–Trinajstić information content (AvgIpc) is 3.36. The van der Waals surface area contributed by atoms with Crippen molar-refractivity contribution in [3.8, 4) is 0 Å². The normalized spacial score (nSPS) is 55.4. The molecule has 0 bridgehead atoms. The van der Waals surface area contributed by atoms with Gasteiger partial charge in [-0.1, -0.05) is 60.1 Å². The molecule has 0 spiro atoms. The van der Waals surface area contributed by atoms with Crippen molar-refractivity contribution in [2.24, 2.45) is 56.7 Å². The fraction of sp³-hybridized carbons (Fsp3) is 0.943. The number of carbonyl (C=O) groups excluding carboxylic acids is 1. The van der Waals surface area contributed by atoms with Gasteiger partial charge in [-0.3, -0.25) is 4.79 Å². The lowest BCUT2D eigenvalue weighted by atomic mass is 9.33. The van der Waals surface area contributed by atoms with Crippen LogP contribution in [0.25, 0.3) is 0 Å². The van der Waals surface area contributed by atoms with Gasteiger partial charge in [-0.05, 0) is 116 Å². The molecule has 0 aromatic carbocycles. The van der Waals surface area contributed by atoms with Crippen LogP contribution in [0.2, 0.25) is 0 Å². The molecule has 0 amide bonds. The molecule has 9 aliphatic rings. The third-order valence-corrected chi connectivity index (χ3v) is 21.3. The number of rotatable bonds is 10. The maximum absolute atomic E-state index is 14.8. The van der Waals surface area contributed by atoms with Crippen LogP contribution in [0.1, 0.15) is 113 Å². The summed E-state index contributed by atoms with van der Waals surface area (Å²) < 4.78 is 49.0. The quantitative estimate of drug-likeness (QED) is 0.0745. The molecule has 12 N–H and O–H groups in total. The zero-order valence-electron chi connectivity index (χ0n) is 44.0. The highest BCUT2D eigenvalue weighted by Crippen LogP contribution is 2.76. The number of esters is 1. The summed E-state index contributed by atoms with van der Waals surface area (Å²) in [6.45, 7) is 15.9. The summed E-state index contributed by atoms with van der Waals surface area (Å²) in [7, 11) is 0. The minimum absolute atomic E-state index is 0.113. The second kappa shape index (κ2) is 20.8. The van der Waals surface area contributed by atoms with Crippen molar-refractivity contribution in [3.63, 3.8) is 0 Å². The molecule has 4 unspecified atom stereocenters. The van der Waals surface area contributed by atoms with Gasteiger partial charge in [0.25, 0.3) is 0 Å². The van der Waals surface area contributed by atoms with Crippen molar-refractivity contribution in [1.82, 2.24) is 0 Å². The number of aliphatic hydroxyl groups is 12. The van der Waals surface area contributed by atoms with Crippen LogP contribution in [0, 0.1) is 56.7 Å². The Hall–Kier alpha value is -1.55. The molecule has 4 saturated heterocycles. The number of aliphatic hydroxyl groups excluding tert-OH is 12. The lowest BCUT2D eigenvalue weighted by Gasteiger charge is -2.71. The highest BCUT2D eigenvalue weighted by Gasteiger charge is 2.70. The lowest BCUT2D eigenvalue weighted by molar-refractivity contribution is -0.388. The Morgan fingerprint density at radius 3 is 1.82 bits per heavy atom. The summed E-state index contributed by atoms with van der Waals surface area (Å²) in [4.78, 5) is 14.8. The van der Waals surface area contributed by atoms with Crippen LogP contribution in [-0.2, 0) is 42.7 Å². The van der Waals surface area contributed by atoms with Gasteiger partial charge in [-0.15, -0.1) is 0 Å². The Morgan fingerprint density at radius 2 is 1.19 bits per heavy atom. The van der Waals surface area contributed by atoms with E-state index in [0.29, 0.717) is 25.2 Å². The van der Waals surface area contributed by atoms with Crippen molar-refractivity contribution < 1.29 is 104 Å². The van der Waals surface area contributed by atoms with E-state index >= 15 is 0 Å². The van der Waals surface area contributed by atoms with E-state index in [1.807, 2.05) is 0 Å². The van der Waals surface area contributed by atoms with Crippen LogP contribution < -0.4 is 0 Å². The summed E-state index contributed by atoms with van der Waals surface area (Å²) in [5.74, 6) is 0.120. The molecule has 4 heterocycles. The SMILES string of the molecule is C[C@@H]1CC[C@]2(C(=O)O[C@@H]3O[C@H](CO)[C@@H](O)[C@H](O)[C@H]3O)CC[C@]3(C)C(=CCC4[C@@]5(C)CCC(O[C@@H]6OC[C@@H](O)[C@@H](O[C@@H]7O[C@H](CO)[C@@H](O)[C@H](O)[C@H]7O)[C@H]6O[C@@H]6O[C@H](C)[C@@H](O)[C@@H](O)[C@H]6O)C(C)(C)C5CC[C@]43C)C2[C@H]1C. The third-order valence-electron chi connectivity index (χ3n) is 21.3.